The first-order valence-corrected chi connectivity index (χ1v) is 8.59. The number of piperidine rings is 1. The number of rotatable bonds is 4. The molecule has 1 amide bonds. The Morgan fingerprint density at radius 3 is 2.88 bits per heavy atom. The third-order valence-corrected chi connectivity index (χ3v) is 4.88. The second-order valence-corrected chi connectivity index (χ2v) is 6.65. The molecule has 6 nitrogen and oxygen atoms in total. The summed E-state index contributed by atoms with van der Waals surface area (Å²) in [5.41, 5.74) is 1.37. The molecular weight excluding hydrogens is 326 g/mol. The van der Waals surface area contributed by atoms with Crippen LogP contribution in [0.3, 0.4) is 0 Å². The summed E-state index contributed by atoms with van der Waals surface area (Å²) >= 11 is 6.05. The number of hydrogen-bond acceptors (Lipinski definition) is 4. The van der Waals surface area contributed by atoms with E-state index < -0.39 is 0 Å². The molecule has 0 bridgehead atoms. The third kappa shape index (κ3) is 3.60. The maximum Gasteiger partial charge on any atom is 0.276 e. The number of benzene rings is 1. The number of amides is 1. The minimum atomic E-state index is -0.136. The van der Waals surface area contributed by atoms with E-state index in [0.717, 1.165) is 31.5 Å². The number of carbonyl (C=O) groups excluding carboxylic acids is 1. The van der Waals surface area contributed by atoms with Gasteiger partial charge in [0.1, 0.15) is 0 Å². The number of carbonyl (C=O) groups is 1. The van der Waals surface area contributed by atoms with E-state index >= 15 is 0 Å². The Labute approximate surface area is 146 Å². The van der Waals surface area contributed by atoms with E-state index in [1.807, 2.05) is 35.9 Å². The Hall–Kier alpha value is -1.92. The quantitative estimate of drug-likeness (QED) is 0.923. The van der Waals surface area contributed by atoms with E-state index in [9.17, 15) is 4.79 Å². The second-order valence-electron chi connectivity index (χ2n) is 6.21. The van der Waals surface area contributed by atoms with Gasteiger partial charge in [-0.25, -0.2) is 4.68 Å². The van der Waals surface area contributed by atoms with Crippen LogP contribution in [0.4, 0.5) is 0 Å². The van der Waals surface area contributed by atoms with Gasteiger partial charge in [0.05, 0.1) is 18.3 Å². The van der Waals surface area contributed by atoms with Gasteiger partial charge in [0.25, 0.3) is 5.91 Å². The van der Waals surface area contributed by atoms with Crippen molar-refractivity contribution in [1.29, 1.82) is 0 Å². The normalized spacial score (nSPS) is 16.8. The number of aromatic nitrogens is 3. The fraction of sp³-hybridized carbons (Fsp3) is 0.471. The van der Waals surface area contributed by atoms with Crippen molar-refractivity contribution in [1.82, 2.24) is 25.2 Å². The largest absolute Gasteiger partial charge is 0.334 e. The van der Waals surface area contributed by atoms with Gasteiger partial charge in [-0.15, -0.1) is 5.10 Å². The van der Waals surface area contributed by atoms with Gasteiger partial charge < -0.3 is 10.2 Å². The van der Waals surface area contributed by atoms with Crippen molar-refractivity contribution in [2.45, 2.75) is 31.8 Å². The lowest BCUT2D eigenvalue weighted by Crippen LogP contribution is -2.30. The molecule has 3 rings (SSSR count). The first kappa shape index (κ1) is 16.9. The summed E-state index contributed by atoms with van der Waals surface area (Å²) in [7, 11) is 1.78. The van der Waals surface area contributed by atoms with Crippen LogP contribution in [0.2, 0.25) is 5.02 Å². The maximum absolute atomic E-state index is 12.7. The van der Waals surface area contributed by atoms with Gasteiger partial charge in [0, 0.05) is 12.1 Å². The maximum atomic E-state index is 12.7. The minimum Gasteiger partial charge on any atom is -0.334 e. The Kier molecular flexibility index (Phi) is 5.16. The SMILES string of the molecule is CC(c1cccc(Cl)c1)N(C)C(=O)c1cn(C2CCNCC2)nn1. The fourth-order valence-electron chi connectivity index (χ4n) is 2.97. The van der Waals surface area contributed by atoms with E-state index in [2.05, 4.69) is 15.6 Å². The topological polar surface area (TPSA) is 63.1 Å². The zero-order valence-corrected chi connectivity index (χ0v) is 14.7. The van der Waals surface area contributed by atoms with Gasteiger partial charge in [0.2, 0.25) is 0 Å². The number of hydrogen-bond donors (Lipinski definition) is 1. The summed E-state index contributed by atoms with van der Waals surface area (Å²) in [5.74, 6) is -0.136. The average Bonchev–Trinajstić information content (AvgIpc) is 3.10. The number of nitrogens with zero attached hydrogens (tertiary/aromatic N) is 4. The molecule has 1 N–H and O–H groups in total. The van der Waals surface area contributed by atoms with Crippen molar-refractivity contribution in [3.05, 3.63) is 46.7 Å². The monoisotopic (exact) mass is 347 g/mol. The molecule has 1 fully saturated rings. The van der Waals surface area contributed by atoms with Crippen LogP contribution in [-0.4, -0.2) is 45.9 Å². The van der Waals surface area contributed by atoms with Crippen molar-refractivity contribution >= 4 is 17.5 Å². The molecule has 1 aromatic heterocycles. The first-order chi connectivity index (χ1) is 11.6. The lowest BCUT2D eigenvalue weighted by Gasteiger charge is -2.24. The molecule has 1 atom stereocenters. The van der Waals surface area contributed by atoms with E-state index in [1.165, 1.54) is 0 Å². The van der Waals surface area contributed by atoms with Crippen LogP contribution in [0.5, 0.6) is 0 Å². The van der Waals surface area contributed by atoms with E-state index in [4.69, 9.17) is 11.6 Å². The third-order valence-electron chi connectivity index (χ3n) is 4.64. The average molecular weight is 348 g/mol. The molecule has 2 heterocycles. The lowest BCUT2D eigenvalue weighted by atomic mass is 10.1. The second kappa shape index (κ2) is 7.32. The molecule has 2 aromatic rings. The van der Waals surface area contributed by atoms with Crippen molar-refractivity contribution in [3.63, 3.8) is 0 Å². The molecular formula is C17H22ClN5O. The van der Waals surface area contributed by atoms with Crippen LogP contribution in [0.15, 0.2) is 30.5 Å². The predicted octanol–water partition coefficient (Wildman–Crippen LogP) is 2.69. The molecule has 0 saturated carbocycles. The zero-order valence-electron chi connectivity index (χ0n) is 13.9. The number of halogens is 1. The summed E-state index contributed by atoms with van der Waals surface area (Å²) < 4.78 is 1.83. The molecule has 1 aliphatic rings. The van der Waals surface area contributed by atoms with Crippen LogP contribution in [-0.2, 0) is 0 Å². The van der Waals surface area contributed by atoms with E-state index in [-0.39, 0.29) is 11.9 Å². The summed E-state index contributed by atoms with van der Waals surface area (Å²) in [6.07, 6.45) is 3.77. The standard InChI is InChI=1S/C17H22ClN5O/c1-12(13-4-3-5-14(18)10-13)22(2)17(24)16-11-23(21-20-16)15-6-8-19-9-7-15/h3-5,10-12,15,19H,6-9H2,1-2H3. The molecule has 1 saturated heterocycles. The Morgan fingerprint density at radius 1 is 1.42 bits per heavy atom. The molecule has 24 heavy (non-hydrogen) atoms. The Morgan fingerprint density at radius 2 is 2.17 bits per heavy atom. The molecule has 1 aliphatic heterocycles. The zero-order chi connectivity index (χ0) is 17.1. The van der Waals surface area contributed by atoms with Gasteiger partial charge in [-0.2, -0.15) is 0 Å². The Bertz CT molecular complexity index is 711. The van der Waals surface area contributed by atoms with Crippen LogP contribution in [0.1, 0.15) is 47.9 Å². The van der Waals surface area contributed by atoms with Crippen LogP contribution < -0.4 is 5.32 Å². The summed E-state index contributed by atoms with van der Waals surface area (Å²) in [6, 6.07) is 7.77. The summed E-state index contributed by atoms with van der Waals surface area (Å²) in [5, 5.41) is 12.2. The van der Waals surface area contributed by atoms with Gasteiger partial charge in [-0.05, 0) is 50.6 Å². The van der Waals surface area contributed by atoms with Gasteiger partial charge in [0.15, 0.2) is 5.69 Å². The van der Waals surface area contributed by atoms with Gasteiger partial charge in [-0.1, -0.05) is 28.9 Å². The molecule has 0 radical (unpaired) electrons. The van der Waals surface area contributed by atoms with Gasteiger partial charge >= 0.3 is 0 Å². The first-order valence-electron chi connectivity index (χ1n) is 8.21. The fourth-order valence-corrected chi connectivity index (χ4v) is 3.17. The predicted molar refractivity (Wildman–Crippen MR) is 93.1 cm³/mol. The van der Waals surface area contributed by atoms with E-state index in [1.54, 1.807) is 18.1 Å². The Balaban J connectivity index is 1.72. The molecule has 1 unspecified atom stereocenters. The highest BCUT2D eigenvalue weighted by molar-refractivity contribution is 6.30. The van der Waals surface area contributed by atoms with E-state index in [0.29, 0.717) is 16.8 Å². The van der Waals surface area contributed by atoms with Gasteiger partial charge in [-0.3, -0.25) is 4.79 Å². The van der Waals surface area contributed by atoms with Crippen LogP contribution >= 0.6 is 11.6 Å². The van der Waals surface area contributed by atoms with Crippen molar-refractivity contribution in [3.8, 4) is 0 Å². The van der Waals surface area contributed by atoms with Crippen LogP contribution in [0.25, 0.3) is 0 Å². The van der Waals surface area contributed by atoms with Crippen LogP contribution in [0, 0.1) is 0 Å². The molecule has 0 spiro atoms. The molecule has 0 aliphatic carbocycles. The highest BCUT2D eigenvalue weighted by Crippen LogP contribution is 2.23. The highest BCUT2D eigenvalue weighted by Gasteiger charge is 2.23. The molecule has 1 aromatic carbocycles. The van der Waals surface area contributed by atoms with Crippen molar-refractivity contribution in [2.24, 2.45) is 0 Å². The number of nitrogens with one attached hydrogen (secondary N) is 1. The van der Waals surface area contributed by atoms with Crippen molar-refractivity contribution in [2.75, 3.05) is 20.1 Å². The minimum absolute atomic E-state index is 0.0970. The summed E-state index contributed by atoms with van der Waals surface area (Å²) in [6.45, 7) is 3.92. The smallest absolute Gasteiger partial charge is 0.276 e. The van der Waals surface area contributed by atoms with Crippen molar-refractivity contribution < 1.29 is 4.79 Å². The highest BCUT2D eigenvalue weighted by atomic mass is 35.5. The molecule has 128 valence electrons. The lowest BCUT2D eigenvalue weighted by molar-refractivity contribution is 0.0736. The molecule has 7 heteroatoms. The summed E-state index contributed by atoms with van der Waals surface area (Å²) in [4.78, 5) is 14.4.